The van der Waals surface area contributed by atoms with E-state index in [0.29, 0.717) is 10.9 Å². The fourth-order valence-electron chi connectivity index (χ4n) is 1.13. The average Bonchev–Trinajstić information content (AvgIpc) is 2.73. The molecule has 1 N–H and O–H groups in total. The van der Waals surface area contributed by atoms with Crippen molar-refractivity contribution in [1.82, 2.24) is 4.98 Å². The van der Waals surface area contributed by atoms with Crippen molar-refractivity contribution in [2.24, 2.45) is 0 Å². The van der Waals surface area contributed by atoms with Crippen LogP contribution in [0.2, 0.25) is 0 Å². The van der Waals surface area contributed by atoms with Gasteiger partial charge in [0.2, 0.25) is 0 Å². The minimum absolute atomic E-state index is 0.0266. The van der Waals surface area contributed by atoms with Gasteiger partial charge in [0.15, 0.2) is 11.7 Å². The molecule has 0 unspecified atom stereocenters. The zero-order valence-corrected chi connectivity index (χ0v) is 11.1. The van der Waals surface area contributed by atoms with Crippen molar-refractivity contribution in [3.05, 3.63) is 40.3 Å². The van der Waals surface area contributed by atoms with Crippen LogP contribution in [0.15, 0.2) is 40.3 Å². The summed E-state index contributed by atoms with van der Waals surface area (Å²) in [4.78, 5) is 15.5. The van der Waals surface area contributed by atoms with E-state index in [9.17, 15) is 4.79 Å². The minimum atomic E-state index is -0.226. The van der Waals surface area contributed by atoms with Gasteiger partial charge in [-0.15, -0.1) is 0 Å². The van der Waals surface area contributed by atoms with Gasteiger partial charge in [-0.25, -0.2) is 4.98 Å². The Balaban J connectivity index is 1.82. The first-order chi connectivity index (χ1) is 8.24. The van der Waals surface area contributed by atoms with E-state index in [2.05, 4.69) is 26.2 Å². The number of benzene rings is 1. The Morgan fingerprint density at radius 1 is 1.41 bits per heavy atom. The second-order valence-electron chi connectivity index (χ2n) is 3.12. The molecule has 0 spiro atoms. The zero-order valence-electron chi connectivity index (χ0n) is 8.72. The molecule has 0 radical (unpaired) electrons. The van der Waals surface area contributed by atoms with Crippen LogP contribution in [0.4, 0.5) is 5.13 Å². The van der Waals surface area contributed by atoms with Crippen LogP contribution >= 0.6 is 27.3 Å². The van der Waals surface area contributed by atoms with Gasteiger partial charge in [-0.2, -0.15) is 0 Å². The van der Waals surface area contributed by atoms with Gasteiger partial charge >= 0.3 is 0 Å². The molecule has 17 heavy (non-hydrogen) atoms. The van der Waals surface area contributed by atoms with Crippen molar-refractivity contribution in [3.63, 3.8) is 0 Å². The predicted octanol–water partition coefficient (Wildman–Crippen LogP) is 2.92. The number of rotatable bonds is 4. The Kier molecular flexibility index (Phi) is 4.11. The molecule has 0 aliphatic carbocycles. The van der Waals surface area contributed by atoms with E-state index in [1.54, 1.807) is 18.3 Å². The molecule has 1 amide bonds. The third kappa shape index (κ3) is 3.83. The molecule has 1 aromatic heterocycles. The standard InChI is InChI=1S/C11H9BrN2O2S/c12-9-6-13-11(17-9)14-10(15)7-16-8-4-2-1-3-5-8/h1-6H,7H2,(H,13,14,15). The van der Waals surface area contributed by atoms with Gasteiger partial charge in [-0.1, -0.05) is 29.5 Å². The summed E-state index contributed by atoms with van der Waals surface area (Å²) in [5, 5.41) is 3.20. The van der Waals surface area contributed by atoms with Crippen molar-refractivity contribution >= 4 is 38.3 Å². The quantitative estimate of drug-likeness (QED) is 0.944. The third-order valence-corrected chi connectivity index (χ3v) is 3.23. The molecule has 0 saturated heterocycles. The summed E-state index contributed by atoms with van der Waals surface area (Å²) >= 11 is 4.63. The third-order valence-electron chi connectivity index (χ3n) is 1.84. The number of carbonyl (C=O) groups is 1. The molecule has 2 aromatic rings. The molecule has 0 aliphatic heterocycles. The van der Waals surface area contributed by atoms with Gasteiger partial charge in [0.25, 0.3) is 5.91 Å². The van der Waals surface area contributed by atoms with Crippen molar-refractivity contribution in [3.8, 4) is 5.75 Å². The second-order valence-corrected chi connectivity index (χ2v) is 5.53. The largest absolute Gasteiger partial charge is 0.484 e. The maximum absolute atomic E-state index is 11.5. The topological polar surface area (TPSA) is 51.2 Å². The highest BCUT2D eigenvalue weighted by Gasteiger charge is 2.06. The highest BCUT2D eigenvalue weighted by Crippen LogP contribution is 2.22. The molecule has 0 saturated carbocycles. The Morgan fingerprint density at radius 3 is 2.82 bits per heavy atom. The van der Waals surface area contributed by atoms with E-state index in [1.807, 2.05) is 18.2 Å². The van der Waals surface area contributed by atoms with Crippen molar-refractivity contribution in [2.75, 3.05) is 11.9 Å². The van der Waals surface area contributed by atoms with E-state index in [-0.39, 0.29) is 12.5 Å². The number of hydrogen-bond acceptors (Lipinski definition) is 4. The Labute approximate surface area is 111 Å². The molecule has 0 bridgehead atoms. The van der Waals surface area contributed by atoms with Crippen LogP contribution in [0.3, 0.4) is 0 Å². The Hall–Kier alpha value is -1.40. The lowest BCUT2D eigenvalue weighted by Gasteiger charge is -2.04. The van der Waals surface area contributed by atoms with Gasteiger partial charge in [0.05, 0.1) is 9.98 Å². The summed E-state index contributed by atoms with van der Waals surface area (Å²) in [6.07, 6.45) is 1.64. The molecule has 88 valence electrons. The molecular weight excluding hydrogens is 304 g/mol. The normalized spacial score (nSPS) is 9.94. The van der Waals surface area contributed by atoms with Gasteiger partial charge in [0.1, 0.15) is 5.75 Å². The first kappa shape index (κ1) is 12.1. The fraction of sp³-hybridized carbons (Fsp3) is 0.0909. The summed E-state index contributed by atoms with van der Waals surface area (Å²) < 4.78 is 6.17. The van der Waals surface area contributed by atoms with Gasteiger partial charge in [-0.05, 0) is 28.1 Å². The molecule has 1 aromatic carbocycles. The summed E-state index contributed by atoms with van der Waals surface area (Å²) in [6.45, 7) is -0.0266. The molecule has 2 rings (SSSR count). The summed E-state index contributed by atoms with van der Waals surface area (Å²) in [6, 6.07) is 9.19. The number of para-hydroxylation sites is 1. The van der Waals surface area contributed by atoms with Gasteiger partial charge < -0.3 is 4.74 Å². The monoisotopic (exact) mass is 312 g/mol. The number of anilines is 1. The van der Waals surface area contributed by atoms with Crippen LogP contribution in [0, 0.1) is 0 Å². The van der Waals surface area contributed by atoms with Crippen LogP contribution in [0.5, 0.6) is 5.75 Å². The fourth-order valence-corrected chi connectivity index (χ4v) is 2.26. The number of nitrogens with zero attached hydrogens (tertiary/aromatic N) is 1. The molecule has 0 atom stereocenters. The predicted molar refractivity (Wildman–Crippen MR) is 70.4 cm³/mol. The van der Waals surface area contributed by atoms with Crippen LogP contribution in [-0.2, 0) is 4.79 Å². The van der Waals surface area contributed by atoms with Crippen molar-refractivity contribution in [1.29, 1.82) is 0 Å². The zero-order chi connectivity index (χ0) is 12.1. The summed E-state index contributed by atoms with van der Waals surface area (Å²) in [5.74, 6) is 0.443. The van der Waals surface area contributed by atoms with Gasteiger partial charge in [0, 0.05) is 0 Å². The molecule has 0 fully saturated rings. The lowest BCUT2D eigenvalue weighted by Crippen LogP contribution is -2.19. The number of carbonyl (C=O) groups excluding carboxylic acids is 1. The number of halogens is 1. The first-order valence-corrected chi connectivity index (χ1v) is 6.44. The van der Waals surface area contributed by atoms with E-state index < -0.39 is 0 Å². The summed E-state index contributed by atoms with van der Waals surface area (Å²) in [7, 11) is 0. The number of thiazole rings is 1. The maximum Gasteiger partial charge on any atom is 0.264 e. The van der Waals surface area contributed by atoms with E-state index in [4.69, 9.17) is 4.74 Å². The van der Waals surface area contributed by atoms with E-state index in [0.717, 1.165) is 3.79 Å². The number of ether oxygens (including phenoxy) is 1. The smallest absolute Gasteiger partial charge is 0.264 e. The minimum Gasteiger partial charge on any atom is -0.484 e. The van der Waals surface area contributed by atoms with E-state index in [1.165, 1.54) is 11.3 Å². The highest BCUT2D eigenvalue weighted by atomic mass is 79.9. The number of aromatic nitrogens is 1. The highest BCUT2D eigenvalue weighted by molar-refractivity contribution is 9.11. The lowest BCUT2D eigenvalue weighted by molar-refractivity contribution is -0.118. The average molecular weight is 313 g/mol. The van der Waals surface area contributed by atoms with E-state index >= 15 is 0 Å². The number of hydrogen-bond donors (Lipinski definition) is 1. The molecular formula is C11H9BrN2O2S. The van der Waals surface area contributed by atoms with Crippen LogP contribution < -0.4 is 10.1 Å². The second kappa shape index (κ2) is 5.79. The van der Waals surface area contributed by atoms with Crippen LogP contribution in [0.1, 0.15) is 0 Å². The Bertz CT molecular complexity index is 501. The van der Waals surface area contributed by atoms with Gasteiger partial charge in [-0.3, -0.25) is 10.1 Å². The SMILES string of the molecule is O=C(COc1ccccc1)Nc1ncc(Br)s1. The van der Waals surface area contributed by atoms with Crippen LogP contribution in [0.25, 0.3) is 0 Å². The molecule has 0 aliphatic rings. The van der Waals surface area contributed by atoms with Crippen LogP contribution in [-0.4, -0.2) is 17.5 Å². The van der Waals surface area contributed by atoms with Crippen molar-refractivity contribution < 1.29 is 9.53 Å². The molecule has 1 heterocycles. The van der Waals surface area contributed by atoms with Crippen molar-refractivity contribution in [2.45, 2.75) is 0 Å². The Morgan fingerprint density at radius 2 is 2.18 bits per heavy atom. The number of amides is 1. The maximum atomic E-state index is 11.5. The molecule has 6 heteroatoms. The summed E-state index contributed by atoms with van der Waals surface area (Å²) in [5.41, 5.74) is 0. The molecule has 4 nitrogen and oxygen atoms in total. The first-order valence-electron chi connectivity index (χ1n) is 4.83. The lowest BCUT2D eigenvalue weighted by atomic mass is 10.3. The number of nitrogens with one attached hydrogen (secondary N) is 1.